The molecule has 0 spiro atoms. The summed E-state index contributed by atoms with van der Waals surface area (Å²) < 4.78 is 4.87. The van der Waals surface area contributed by atoms with E-state index in [-0.39, 0.29) is 12.0 Å². The van der Waals surface area contributed by atoms with Crippen LogP contribution in [-0.2, 0) is 9.53 Å². The summed E-state index contributed by atoms with van der Waals surface area (Å²) in [6, 6.07) is 5.69. The molecule has 1 atom stereocenters. The number of carbonyl (C=O) groups excluding carboxylic acids is 3. The maximum absolute atomic E-state index is 11.8. The highest BCUT2D eigenvalue weighted by Gasteiger charge is 2.23. The molecule has 3 N–H and O–H groups in total. The van der Waals surface area contributed by atoms with Crippen LogP contribution in [0.15, 0.2) is 24.3 Å². The number of carbonyl (C=O) groups is 3. The van der Waals surface area contributed by atoms with Gasteiger partial charge in [0.05, 0.1) is 6.54 Å². The zero-order chi connectivity index (χ0) is 16.8. The minimum atomic E-state index is -0.631. The fourth-order valence-corrected chi connectivity index (χ4v) is 2.11. The van der Waals surface area contributed by atoms with E-state index in [1.807, 2.05) is 6.92 Å². The average Bonchev–Trinajstić information content (AvgIpc) is 2.94. The molecule has 0 radical (unpaired) electrons. The predicted molar refractivity (Wildman–Crippen MR) is 85.4 cm³/mol. The molecule has 1 aromatic carbocycles. The molecule has 8 heteroatoms. The van der Waals surface area contributed by atoms with Gasteiger partial charge in [-0.25, -0.2) is 9.59 Å². The van der Waals surface area contributed by atoms with Gasteiger partial charge in [-0.05, 0) is 38.1 Å². The highest BCUT2D eigenvalue weighted by molar-refractivity contribution is 5.94. The molecule has 0 bridgehead atoms. The second-order valence-electron chi connectivity index (χ2n) is 5.03. The summed E-state index contributed by atoms with van der Waals surface area (Å²) in [5.74, 6) is -0.245. The van der Waals surface area contributed by atoms with E-state index in [2.05, 4.69) is 16.0 Å². The third-order valence-corrected chi connectivity index (χ3v) is 3.29. The van der Waals surface area contributed by atoms with E-state index in [9.17, 15) is 14.4 Å². The van der Waals surface area contributed by atoms with E-state index < -0.39 is 12.1 Å². The Hall–Kier alpha value is -2.77. The Balaban J connectivity index is 1.89. The number of nitrogens with one attached hydrogen (secondary N) is 3. The first-order valence-electron chi connectivity index (χ1n) is 7.41. The average molecular weight is 320 g/mol. The number of rotatable bonds is 5. The summed E-state index contributed by atoms with van der Waals surface area (Å²) >= 11 is 0. The van der Waals surface area contributed by atoms with Crippen LogP contribution in [-0.4, -0.2) is 43.8 Å². The molecular formula is C15H20N4O4. The molecule has 124 valence electrons. The standard InChI is InChI=1S/C15H20N4O4/c1-3-16-13(20)10(2)17-14(21)18-11-4-6-12(7-5-11)19-8-9-23-15(19)22/h4-7,10H,3,8-9H2,1-2H3,(H,16,20)(H2,17,18,21). The van der Waals surface area contributed by atoms with Gasteiger partial charge in [-0.15, -0.1) is 0 Å². The number of anilines is 2. The molecule has 23 heavy (non-hydrogen) atoms. The minimum absolute atomic E-state index is 0.245. The van der Waals surface area contributed by atoms with Crippen LogP contribution < -0.4 is 20.9 Å². The van der Waals surface area contributed by atoms with Crippen molar-refractivity contribution in [2.45, 2.75) is 19.9 Å². The normalized spacial score (nSPS) is 14.9. The van der Waals surface area contributed by atoms with Crippen molar-refractivity contribution in [3.63, 3.8) is 0 Å². The Morgan fingerprint density at radius 2 is 2.00 bits per heavy atom. The molecule has 1 saturated heterocycles. The highest BCUT2D eigenvalue weighted by Crippen LogP contribution is 2.20. The lowest BCUT2D eigenvalue weighted by Gasteiger charge is -2.15. The third-order valence-electron chi connectivity index (χ3n) is 3.29. The smallest absolute Gasteiger partial charge is 0.414 e. The largest absolute Gasteiger partial charge is 0.447 e. The predicted octanol–water partition coefficient (Wildman–Crippen LogP) is 1.29. The van der Waals surface area contributed by atoms with Crippen LogP contribution in [0.4, 0.5) is 21.0 Å². The van der Waals surface area contributed by atoms with E-state index in [4.69, 9.17) is 4.74 Å². The van der Waals surface area contributed by atoms with Crippen molar-refractivity contribution in [1.29, 1.82) is 0 Å². The second-order valence-corrected chi connectivity index (χ2v) is 5.03. The van der Waals surface area contributed by atoms with Crippen molar-refractivity contribution >= 4 is 29.4 Å². The van der Waals surface area contributed by atoms with E-state index in [1.54, 1.807) is 31.2 Å². The van der Waals surface area contributed by atoms with E-state index in [0.29, 0.717) is 31.1 Å². The molecule has 2 rings (SSSR count). The summed E-state index contributed by atoms with van der Waals surface area (Å²) in [6.45, 7) is 4.80. The summed E-state index contributed by atoms with van der Waals surface area (Å²) in [7, 11) is 0. The first-order valence-corrected chi connectivity index (χ1v) is 7.41. The van der Waals surface area contributed by atoms with Crippen LogP contribution in [0.5, 0.6) is 0 Å². The van der Waals surface area contributed by atoms with Crippen molar-refractivity contribution in [2.24, 2.45) is 0 Å². The Morgan fingerprint density at radius 3 is 2.57 bits per heavy atom. The maximum Gasteiger partial charge on any atom is 0.414 e. The third kappa shape index (κ3) is 4.35. The fraction of sp³-hybridized carbons (Fsp3) is 0.400. The first-order chi connectivity index (χ1) is 11.0. The molecule has 4 amide bonds. The molecule has 1 aliphatic heterocycles. The first kappa shape index (κ1) is 16.6. The van der Waals surface area contributed by atoms with Gasteiger partial charge in [-0.1, -0.05) is 0 Å². The lowest BCUT2D eigenvalue weighted by molar-refractivity contribution is -0.122. The molecule has 1 fully saturated rings. The summed E-state index contributed by atoms with van der Waals surface area (Å²) in [6.07, 6.45) is -0.376. The number of hydrogen-bond donors (Lipinski definition) is 3. The lowest BCUT2D eigenvalue weighted by Crippen LogP contribution is -2.46. The van der Waals surface area contributed by atoms with Gasteiger partial charge in [-0.3, -0.25) is 9.69 Å². The van der Waals surface area contributed by atoms with Gasteiger partial charge < -0.3 is 20.7 Å². The number of likely N-dealkylation sites (N-methyl/N-ethyl adjacent to an activating group) is 1. The Bertz CT molecular complexity index is 588. The van der Waals surface area contributed by atoms with Crippen molar-refractivity contribution in [3.05, 3.63) is 24.3 Å². The monoisotopic (exact) mass is 320 g/mol. The number of cyclic esters (lactones) is 1. The molecule has 1 heterocycles. The minimum Gasteiger partial charge on any atom is -0.447 e. The second kappa shape index (κ2) is 7.48. The number of amides is 4. The van der Waals surface area contributed by atoms with Gasteiger partial charge in [0.15, 0.2) is 0 Å². The highest BCUT2D eigenvalue weighted by atomic mass is 16.6. The van der Waals surface area contributed by atoms with Gasteiger partial charge in [0, 0.05) is 17.9 Å². The van der Waals surface area contributed by atoms with Crippen LogP contribution in [0.3, 0.4) is 0 Å². The summed E-state index contributed by atoms with van der Waals surface area (Å²) in [5, 5.41) is 7.80. The SMILES string of the molecule is CCNC(=O)C(C)NC(=O)Nc1ccc(N2CCOC2=O)cc1. The molecule has 1 unspecified atom stereocenters. The molecule has 1 aromatic rings. The van der Waals surface area contributed by atoms with Crippen molar-refractivity contribution in [3.8, 4) is 0 Å². The van der Waals surface area contributed by atoms with E-state index in [0.717, 1.165) is 0 Å². The number of ether oxygens (including phenoxy) is 1. The quantitative estimate of drug-likeness (QED) is 0.761. The van der Waals surface area contributed by atoms with E-state index >= 15 is 0 Å². The van der Waals surface area contributed by atoms with Crippen molar-refractivity contribution in [1.82, 2.24) is 10.6 Å². The molecule has 1 aliphatic rings. The van der Waals surface area contributed by atoms with Crippen molar-refractivity contribution < 1.29 is 19.1 Å². The lowest BCUT2D eigenvalue weighted by atomic mass is 10.2. The number of benzene rings is 1. The van der Waals surface area contributed by atoms with Gasteiger partial charge in [0.25, 0.3) is 0 Å². The van der Waals surface area contributed by atoms with E-state index in [1.165, 1.54) is 4.90 Å². The van der Waals surface area contributed by atoms with Gasteiger partial charge in [0.1, 0.15) is 12.6 Å². The fourth-order valence-electron chi connectivity index (χ4n) is 2.11. The van der Waals surface area contributed by atoms with Gasteiger partial charge in [0.2, 0.25) is 5.91 Å². The molecule has 0 aliphatic carbocycles. The van der Waals surface area contributed by atoms with Gasteiger partial charge >= 0.3 is 12.1 Å². The van der Waals surface area contributed by atoms with Crippen LogP contribution in [0, 0.1) is 0 Å². The summed E-state index contributed by atoms with van der Waals surface area (Å²) in [4.78, 5) is 36.4. The Kier molecular flexibility index (Phi) is 5.40. The van der Waals surface area contributed by atoms with Crippen LogP contribution >= 0.6 is 0 Å². The zero-order valence-corrected chi connectivity index (χ0v) is 13.1. The Labute approximate surface area is 134 Å². The van der Waals surface area contributed by atoms with Crippen LogP contribution in [0.2, 0.25) is 0 Å². The zero-order valence-electron chi connectivity index (χ0n) is 13.1. The topological polar surface area (TPSA) is 99.8 Å². The number of urea groups is 1. The number of nitrogens with zero attached hydrogens (tertiary/aromatic N) is 1. The molecule has 0 saturated carbocycles. The molecule has 0 aromatic heterocycles. The van der Waals surface area contributed by atoms with Crippen LogP contribution in [0.25, 0.3) is 0 Å². The summed E-state index contributed by atoms with van der Waals surface area (Å²) in [5.41, 5.74) is 1.26. The van der Waals surface area contributed by atoms with Crippen molar-refractivity contribution in [2.75, 3.05) is 29.9 Å². The molecule has 8 nitrogen and oxygen atoms in total. The molecular weight excluding hydrogens is 300 g/mol. The van der Waals surface area contributed by atoms with Gasteiger partial charge in [-0.2, -0.15) is 0 Å². The van der Waals surface area contributed by atoms with Crippen LogP contribution in [0.1, 0.15) is 13.8 Å². The maximum atomic E-state index is 11.8. The number of hydrogen-bond acceptors (Lipinski definition) is 4. The Morgan fingerprint density at radius 1 is 1.30 bits per heavy atom.